The maximum absolute atomic E-state index is 8.93. The van der Waals surface area contributed by atoms with Crippen molar-refractivity contribution in [3.63, 3.8) is 0 Å². The minimum absolute atomic E-state index is 0.199. The Morgan fingerprint density at radius 2 is 2.13 bits per heavy atom. The Labute approximate surface area is 89.3 Å². The van der Waals surface area contributed by atoms with Crippen LogP contribution in [0.2, 0.25) is 0 Å². The summed E-state index contributed by atoms with van der Waals surface area (Å²) in [6, 6.07) is 2.57. The highest BCUT2D eigenvalue weighted by molar-refractivity contribution is 5.79. The predicted octanol–water partition coefficient (Wildman–Crippen LogP) is 0.987. The van der Waals surface area contributed by atoms with Gasteiger partial charge in [-0.05, 0) is 38.3 Å². The molecule has 0 aliphatic carbocycles. The summed E-state index contributed by atoms with van der Waals surface area (Å²) in [6.45, 7) is 2.31. The van der Waals surface area contributed by atoms with Gasteiger partial charge in [-0.1, -0.05) is 0 Å². The molecule has 2 bridgehead atoms. The molecule has 4 heteroatoms. The van der Waals surface area contributed by atoms with Crippen molar-refractivity contribution in [2.24, 2.45) is 11.8 Å². The zero-order chi connectivity index (χ0) is 10.4. The van der Waals surface area contributed by atoms with Gasteiger partial charge in [-0.3, -0.25) is 10.3 Å². The molecule has 4 saturated heterocycles. The maximum Gasteiger partial charge on any atom is 0.198 e. The largest absolute Gasteiger partial charge is 0.475 e. The van der Waals surface area contributed by atoms with Crippen LogP contribution in [0.4, 0.5) is 0 Å². The molecule has 0 amide bonds. The van der Waals surface area contributed by atoms with Gasteiger partial charge in [-0.25, -0.2) is 0 Å². The quantitative estimate of drug-likeness (QED) is 0.641. The van der Waals surface area contributed by atoms with E-state index in [0.29, 0.717) is 12.0 Å². The molecular weight excluding hydrogens is 190 g/mol. The van der Waals surface area contributed by atoms with Crippen molar-refractivity contribution in [2.75, 3.05) is 13.1 Å². The molecule has 4 heterocycles. The Hall–Kier alpha value is -1.08. The monoisotopic (exact) mass is 205 g/mol. The summed E-state index contributed by atoms with van der Waals surface area (Å²) in [5.41, 5.74) is 0. The molecule has 0 radical (unpaired) electrons. The smallest absolute Gasteiger partial charge is 0.198 e. The number of nitrogens with zero attached hydrogens (tertiary/aromatic N) is 2. The molecule has 4 aliphatic heterocycles. The summed E-state index contributed by atoms with van der Waals surface area (Å²) in [4.78, 5) is 2.45. The van der Waals surface area contributed by atoms with E-state index in [-0.39, 0.29) is 17.9 Å². The second kappa shape index (κ2) is 3.21. The van der Waals surface area contributed by atoms with E-state index in [1.165, 1.54) is 12.8 Å². The number of hydrogen-bond donors (Lipinski definition) is 1. The lowest BCUT2D eigenvalue weighted by atomic mass is 9.76. The Morgan fingerprint density at radius 1 is 1.40 bits per heavy atom. The molecule has 0 saturated carbocycles. The lowest BCUT2D eigenvalue weighted by molar-refractivity contribution is -0.0853. The molecule has 4 rings (SSSR count). The van der Waals surface area contributed by atoms with E-state index in [2.05, 4.69) is 11.0 Å². The van der Waals surface area contributed by atoms with Crippen LogP contribution in [0.1, 0.15) is 19.3 Å². The zero-order valence-electron chi connectivity index (χ0n) is 8.65. The van der Waals surface area contributed by atoms with Crippen LogP contribution in [-0.4, -0.2) is 36.0 Å². The first kappa shape index (κ1) is 9.17. The number of nitriles is 1. The molecule has 4 nitrogen and oxygen atoms in total. The van der Waals surface area contributed by atoms with E-state index in [1.807, 2.05) is 0 Å². The van der Waals surface area contributed by atoms with Crippen LogP contribution in [0.3, 0.4) is 0 Å². The number of hydrogen-bond acceptors (Lipinski definition) is 4. The summed E-state index contributed by atoms with van der Waals surface area (Å²) >= 11 is 0. The van der Waals surface area contributed by atoms with Crippen molar-refractivity contribution in [3.8, 4) is 6.07 Å². The first-order valence-electron chi connectivity index (χ1n) is 5.68. The molecule has 4 aliphatic rings. The van der Waals surface area contributed by atoms with Crippen LogP contribution in [0, 0.1) is 28.6 Å². The van der Waals surface area contributed by atoms with E-state index in [0.717, 1.165) is 19.5 Å². The number of fused-ring (bicyclic) bond motifs is 2. The Bertz CT molecular complexity index is 327. The van der Waals surface area contributed by atoms with Crippen LogP contribution < -0.4 is 0 Å². The Balaban J connectivity index is 1.85. The van der Waals surface area contributed by atoms with Gasteiger partial charge >= 0.3 is 0 Å². The molecule has 0 aromatic carbocycles. The summed E-state index contributed by atoms with van der Waals surface area (Å²) in [6.07, 6.45) is 3.40. The van der Waals surface area contributed by atoms with Gasteiger partial charge in [0.05, 0.1) is 6.07 Å². The molecule has 15 heavy (non-hydrogen) atoms. The molecule has 4 fully saturated rings. The van der Waals surface area contributed by atoms with Crippen LogP contribution in [0.15, 0.2) is 0 Å². The van der Waals surface area contributed by atoms with Crippen molar-refractivity contribution in [3.05, 3.63) is 0 Å². The number of ether oxygens (including phenoxy) is 1. The highest BCUT2D eigenvalue weighted by Crippen LogP contribution is 2.39. The van der Waals surface area contributed by atoms with Gasteiger partial charge in [0.15, 0.2) is 5.90 Å². The van der Waals surface area contributed by atoms with E-state index in [9.17, 15) is 0 Å². The van der Waals surface area contributed by atoms with E-state index in [1.54, 1.807) is 0 Å². The van der Waals surface area contributed by atoms with Crippen LogP contribution in [0.25, 0.3) is 0 Å². The summed E-state index contributed by atoms with van der Waals surface area (Å²) < 4.78 is 5.65. The van der Waals surface area contributed by atoms with Gasteiger partial charge in [-0.15, -0.1) is 0 Å². The average molecular weight is 205 g/mol. The summed E-state index contributed by atoms with van der Waals surface area (Å²) in [7, 11) is 0. The highest BCUT2D eigenvalue weighted by atomic mass is 16.5. The molecular formula is C11H15N3O. The topological polar surface area (TPSA) is 60.1 Å². The predicted molar refractivity (Wildman–Crippen MR) is 54.4 cm³/mol. The lowest BCUT2D eigenvalue weighted by Gasteiger charge is -2.53. The van der Waals surface area contributed by atoms with Crippen molar-refractivity contribution >= 4 is 5.90 Å². The van der Waals surface area contributed by atoms with E-state index in [4.69, 9.17) is 15.4 Å². The lowest BCUT2D eigenvalue weighted by Crippen LogP contribution is -2.62. The van der Waals surface area contributed by atoms with Crippen molar-refractivity contribution < 1.29 is 4.74 Å². The second-order valence-corrected chi connectivity index (χ2v) is 4.80. The average Bonchev–Trinajstić information content (AvgIpc) is 2.29. The van der Waals surface area contributed by atoms with E-state index >= 15 is 0 Å². The van der Waals surface area contributed by atoms with Gasteiger partial charge < -0.3 is 4.74 Å². The maximum atomic E-state index is 8.93. The van der Waals surface area contributed by atoms with Crippen LogP contribution in [-0.2, 0) is 4.74 Å². The number of piperidine rings is 3. The first-order chi connectivity index (χ1) is 7.29. The van der Waals surface area contributed by atoms with Gasteiger partial charge in [-0.2, -0.15) is 5.26 Å². The van der Waals surface area contributed by atoms with Crippen molar-refractivity contribution in [1.29, 1.82) is 10.7 Å². The summed E-state index contributed by atoms with van der Waals surface area (Å²) in [5, 5.41) is 16.6. The van der Waals surface area contributed by atoms with E-state index < -0.39 is 0 Å². The van der Waals surface area contributed by atoms with Gasteiger partial charge in [0.1, 0.15) is 12.0 Å². The number of rotatable bonds is 0. The molecule has 1 N–H and O–H groups in total. The normalized spacial score (nSPS) is 47.9. The highest BCUT2D eigenvalue weighted by Gasteiger charge is 2.48. The third-order valence-electron chi connectivity index (χ3n) is 4.10. The first-order valence-corrected chi connectivity index (χ1v) is 5.68. The molecule has 0 spiro atoms. The SMILES string of the molecule is N#CC1CC2C(OC1=N)C1CCN2CC1. The fourth-order valence-corrected chi connectivity index (χ4v) is 3.25. The third kappa shape index (κ3) is 1.26. The molecule has 80 valence electrons. The van der Waals surface area contributed by atoms with Crippen LogP contribution in [0.5, 0.6) is 0 Å². The summed E-state index contributed by atoms with van der Waals surface area (Å²) in [5.74, 6) is 0.512. The van der Waals surface area contributed by atoms with Gasteiger partial charge in [0.2, 0.25) is 0 Å². The van der Waals surface area contributed by atoms with Gasteiger partial charge in [0, 0.05) is 6.04 Å². The minimum Gasteiger partial charge on any atom is -0.475 e. The molecule has 3 unspecified atom stereocenters. The Kier molecular flexibility index (Phi) is 1.96. The Morgan fingerprint density at radius 3 is 2.80 bits per heavy atom. The standard InChI is InChI=1S/C11H15N3O/c12-6-8-5-9-10(15-11(8)13)7-1-3-14(9)4-2-7/h7-10,13H,1-5H2. The fourth-order valence-electron chi connectivity index (χ4n) is 3.25. The number of nitrogens with one attached hydrogen (secondary N) is 1. The van der Waals surface area contributed by atoms with Crippen molar-refractivity contribution in [1.82, 2.24) is 4.90 Å². The van der Waals surface area contributed by atoms with Crippen molar-refractivity contribution in [2.45, 2.75) is 31.4 Å². The third-order valence-corrected chi connectivity index (χ3v) is 4.10. The van der Waals surface area contributed by atoms with Crippen LogP contribution >= 0.6 is 0 Å². The van der Waals surface area contributed by atoms with Gasteiger partial charge in [0.25, 0.3) is 0 Å². The minimum atomic E-state index is -0.314. The fraction of sp³-hybridized carbons (Fsp3) is 0.818. The molecule has 0 aromatic heterocycles. The zero-order valence-corrected chi connectivity index (χ0v) is 8.65. The second-order valence-electron chi connectivity index (χ2n) is 4.80. The molecule has 3 atom stereocenters. The molecule has 0 aromatic rings.